The number of methoxy groups -OCH3 is 2. The van der Waals surface area contributed by atoms with Crippen LogP contribution < -0.4 is 9.47 Å². The third kappa shape index (κ3) is 7.83. The van der Waals surface area contributed by atoms with E-state index in [0.29, 0.717) is 13.2 Å². The molecule has 1 fully saturated rings. The Morgan fingerprint density at radius 2 is 1.61 bits per heavy atom. The Bertz CT molecular complexity index is 743. The molecule has 0 radical (unpaired) electrons. The summed E-state index contributed by atoms with van der Waals surface area (Å²) >= 11 is -2.72. The number of rotatable bonds is 16. The molecule has 1 aromatic rings. The zero-order valence-electron chi connectivity index (χ0n) is 21.6. The summed E-state index contributed by atoms with van der Waals surface area (Å²) < 4.78 is 22.2. The first kappa shape index (κ1) is 27.9. The summed E-state index contributed by atoms with van der Waals surface area (Å²) in [6.45, 7) is 8.89. The Hall–Kier alpha value is -1.37. The second-order valence-electron chi connectivity index (χ2n) is 9.17. The van der Waals surface area contributed by atoms with E-state index in [1.54, 1.807) is 17.8 Å². The number of unbranched alkanes of at least 4 members (excludes halogenated alkanes) is 3. The van der Waals surface area contributed by atoms with Crippen LogP contribution in [0.25, 0.3) is 3.59 Å². The quantitative estimate of drug-likeness (QED) is 0.197. The molecule has 1 amide bonds. The average Bonchev–Trinajstić information content (AvgIpc) is 3.26. The van der Waals surface area contributed by atoms with E-state index in [2.05, 4.69) is 45.0 Å². The molecule has 0 atom stereocenters. The standard InChI is InChI=1S/C15H18NO4.3C4H9.Sn/c1-18-13-7-6-12(11-14(13)19-2)5-3-4-8-16-9-10-20-15(16)17;3*1-3-4-2;/h3,6-7,11H,4,8-10H2,1-2H3;3*1,3-4H2,2H3;. The summed E-state index contributed by atoms with van der Waals surface area (Å²) in [4.78, 5) is 13.8. The van der Waals surface area contributed by atoms with Crippen LogP contribution in [0.5, 0.6) is 11.5 Å². The molecule has 0 spiro atoms. The summed E-state index contributed by atoms with van der Waals surface area (Å²) in [5.74, 6) is 1.57. The van der Waals surface area contributed by atoms with Gasteiger partial charge in [-0.2, -0.15) is 0 Å². The SMILES string of the molecule is CCC[CH2][Sn]([CH2]CCC)([CH2]CCC)[C](=CCCN1CCOC1=O)c1ccc(OC)c(OC)c1. The van der Waals surface area contributed by atoms with Crippen LogP contribution in [0, 0.1) is 0 Å². The van der Waals surface area contributed by atoms with E-state index in [1.165, 1.54) is 57.4 Å². The van der Waals surface area contributed by atoms with Crippen molar-refractivity contribution in [2.75, 3.05) is 33.9 Å². The molecular weight excluding hydrogens is 521 g/mol. The molecule has 0 unspecified atom stereocenters. The van der Waals surface area contributed by atoms with E-state index in [-0.39, 0.29) is 6.09 Å². The van der Waals surface area contributed by atoms with Gasteiger partial charge in [0.15, 0.2) is 0 Å². The fourth-order valence-electron chi connectivity index (χ4n) is 4.96. The molecule has 1 aromatic carbocycles. The van der Waals surface area contributed by atoms with Crippen LogP contribution in [0.2, 0.25) is 13.3 Å². The molecule has 1 aliphatic rings. The second kappa shape index (κ2) is 14.8. The predicted molar refractivity (Wildman–Crippen MR) is 140 cm³/mol. The monoisotopic (exact) mass is 567 g/mol. The molecule has 33 heavy (non-hydrogen) atoms. The number of amides is 1. The van der Waals surface area contributed by atoms with Crippen LogP contribution in [0.4, 0.5) is 4.79 Å². The molecule has 1 saturated heterocycles. The Kier molecular flexibility index (Phi) is 12.5. The molecule has 0 N–H and O–H groups in total. The molecule has 2 rings (SSSR count). The van der Waals surface area contributed by atoms with E-state index in [4.69, 9.17) is 14.2 Å². The Morgan fingerprint density at radius 3 is 2.09 bits per heavy atom. The molecular formula is C27H45NO4Sn. The van der Waals surface area contributed by atoms with Crippen molar-refractivity contribution in [3.63, 3.8) is 0 Å². The van der Waals surface area contributed by atoms with Crippen molar-refractivity contribution in [2.24, 2.45) is 0 Å². The van der Waals surface area contributed by atoms with Gasteiger partial charge in [0.25, 0.3) is 0 Å². The normalized spacial score (nSPS) is 14.5. The first-order valence-electron chi connectivity index (χ1n) is 12.9. The fraction of sp³-hybridized carbons (Fsp3) is 0.667. The average molecular weight is 566 g/mol. The molecule has 6 heteroatoms. The van der Waals surface area contributed by atoms with Crippen molar-refractivity contribution in [2.45, 2.75) is 79.0 Å². The van der Waals surface area contributed by atoms with Crippen molar-refractivity contribution >= 4 is 28.1 Å². The van der Waals surface area contributed by atoms with Gasteiger partial charge in [-0.15, -0.1) is 0 Å². The summed E-state index contributed by atoms with van der Waals surface area (Å²) in [7, 11) is 3.41. The number of benzene rings is 1. The van der Waals surface area contributed by atoms with Gasteiger partial charge in [-0.1, -0.05) is 0 Å². The number of hydrogen-bond acceptors (Lipinski definition) is 4. The van der Waals surface area contributed by atoms with Crippen LogP contribution >= 0.6 is 0 Å². The zero-order valence-corrected chi connectivity index (χ0v) is 24.4. The first-order chi connectivity index (χ1) is 16.0. The number of carbonyl (C=O) groups is 1. The maximum atomic E-state index is 12.0. The van der Waals surface area contributed by atoms with Crippen molar-refractivity contribution in [3.8, 4) is 11.5 Å². The first-order valence-corrected chi connectivity index (χ1v) is 20.4. The molecule has 186 valence electrons. The molecule has 0 saturated carbocycles. The van der Waals surface area contributed by atoms with Crippen molar-refractivity contribution in [1.82, 2.24) is 4.90 Å². The zero-order chi connectivity index (χ0) is 24.1. The number of carbonyl (C=O) groups excluding carboxylic acids is 1. The Morgan fingerprint density at radius 1 is 1.00 bits per heavy atom. The second-order valence-corrected chi connectivity index (χ2v) is 22.3. The van der Waals surface area contributed by atoms with Gasteiger partial charge < -0.3 is 0 Å². The minimum absolute atomic E-state index is 0.172. The van der Waals surface area contributed by atoms with Gasteiger partial charge in [-0.25, -0.2) is 0 Å². The summed E-state index contributed by atoms with van der Waals surface area (Å²) in [6.07, 6.45) is 10.9. The fourth-order valence-corrected chi connectivity index (χ4v) is 22.1. The number of ether oxygens (including phenoxy) is 3. The van der Waals surface area contributed by atoms with E-state index in [9.17, 15) is 4.79 Å². The topological polar surface area (TPSA) is 48.0 Å². The Labute approximate surface area is 205 Å². The molecule has 0 aromatic heterocycles. The minimum atomic E-state index is -2.72. The van der Waals surface area contributed by atoms with Crippen molar-refractivity contribution < 1.29 is 19.0 Å². The number of cyclic esters (lactones) is 1. The molecule has 1 heterocycles. The van der Waals surface area contributed by atoms with Crippen molar-refractivity contribution in [1.29, 1.82) is 0 Å². The molecule has 5 nitrogen and oxygen atoms in total. The van der Waals surface area contributed by atoms with Crippen LogP contribution in [0.3, 0.4) is 0 Å². The molecule has 0 bridgehead atoms. The van der Waals surface area contributed by atoms with Crippen LogP contribution in [0.15, 0.2) is 24.3 Å². The Balaban J connectivity index is 2.51. The maximum absolute atomic E-state index is 12.0. The third-order valence-electron chi connectivity index (χ3n) is 6.88. The van der Waals surface area contributed by atoms with E-state index in [0.717, 1.165) is 24.5 Å². The van der Waals surface area contributed by atoms with Gasteiger partial charge in [0.1, 0.15) is 0 Å². The summed E-state index contributed by atoms with van der Waals surface area (Å²) in [6, 6.07) is 6.47. The number of hydrogen-bond donors (Lipinski definition) is 0. The van der Waals surface area contributed by atoms with Gasteiger partial charge in [0, 0.05) is 0 Å². The predicted octanol–water partition coefficient (Wildman–Crippen LogP) is 7.32. The molecule has 0 aliphatic carbocycles. The van der Waals surface area contributed by atoms with E-state index < -0.39 is 18.4 Å². The summed E-state index contributed by atoms with van der Waals surface area (Å²) in [5.41, 5.74) is 1.30. The van der Waals surface area contributed by atoms with Crippen LogP contribution in [-0.2, 0) is 4.74 Å². The van der Waals surface area contributed by atoms with Gasteiger partial charge in [-0.3, -0.25) is 0 Å². The third-order valence-corrected chi connectivity index (χ3v) is 22.8. The van der Waals surface area contributed by atoms with Gasteiger partial charge in [0.2, 0.25) is 0 Å². The molecule has 1 aliphatic heterocycles. The number of nitrogens with zero attached hydrogens (tertiary/aromatic N) is 1. The van der Waals surface area contributed by atoms with Gasteiger partial charge in [-0.05, 0) is 0 Å². The van der Waals surface area contributed by atoms with Gasteiger partial charge >= 0.3 is 206 Å². The van der Waals surface area contributed by atoms with Gasteiger partial charge in [0.05, 0.1) is 0 Å². The van der Waals surface area contributed by atoms with Crippen molar-refractivity contribution in [3.05, 3.63) is 29.8 Å². The van der Waals surface area contributed by atoms with E-state index in [1.807, 2.05) is 4.90 Å². The van der Waals surface area contributed by atoms with Crippen LogP contribution in [-0.4, -0.2) is 63.3 Å². The summed E-state index contributed by atoms with van der Waals surface area (Å²) in [5, 5.41) is 0. The van der Waals surface area contributed by atoms with Crippen LogP contribution in [0.1, 0.15) is 71.3 Å². The van der Waals surface area contributed by atoms with E-state index >= 15 is 0 Å².